The molecule has 17 heavy (non-hydrogen) atoms. The van der Waals surface area contributed by atoms with Gasteiger partial charge in [-0.25, -0.2) is 0 Å². The lowest BCUT2D eigenvalue weighted by Crippen LogP contribution is -2.27. The predicted octanol–water partition coefficient (Wildman–Crippen LogP) is 1.13. The average Bonchev–Trinajstić information content (AvgIpc) is 2.65. The normalized spacial score (nSPS) is 10.6. The summed E-state index contributed by atoms with van der Waals surface area (Å²) >= 11 is 0. The van der Waals surface area contributed by atoms with Gasteiger partial charge in [-0.2, -0.15) is 0 Å². The molecule has 0 radical (unpaired) electrons. The number of nitrogens with two attached hydrogens (primary N) is 1. The fraction of sp³-hybridized carbons (Fsp3) is 0.250. The Morgan fingerprint density at radius 1 is 1.47 bits per heavy atom. The number of hydrogen-bond donors (Lipinski definition) is 3. The van der Waals surface area contributed by atoms with Crippen LogP contribution >= 0.6 is 0 Å². The molecule has 1 amide bonds. The van der Waals surface area contributed by atoms with Crippen molar-refractivity contribution < 1.29 is 9.53 Å². The van der Waals surface area contributed by atoms with Crippen molar-refractivity contribution in [3.63, 3.8) is 0 Å². The number of hydrogen-bond acceptors (Lipinski definition) is 3. The van der Waals surface area contributed by atoms with Crippen LogP contribution in [-0.2, 0) is 4.74 Å². The summed E-state index contributed by atoms with van der Waals surface area (Å²) in [5.41, 5.74) is 7.17. The van der Waals surface area contributed by atoms with Crippen molar-refractivity contribution in [1.82, 2.24) is 10.3 Å². The molecular weight excluding hydrogens is 218 g/mol. The lowest BCUT2D eigenvalue weighted by atomic mass is 10.1. The second-order valence-corrected chi connectivity index (χ2v) is 3.71. The van der Waals surface area contributed by atoms with E-state index < -0.39 is 0 Å². The summed E-state index contributed by atoms with van der Waals surface area (Å²) in [6, 6.07) is 7.53. The summed E-state index contributed by atoms with van der Waals surface area (Å²) in [6.07, 6.45) is 0. The third-order valence-electron chi connectivity index (χ3n) is 2.55. The number of benzene rings is 1. The fourth-order valence-electron chi connectivity index (χ4n) is 1.76. The van der Waals surface area contributed by atoms with Gasteiger partial charge in [0.1, 0.15) is 5.82 Å². The zero-order chi connectivity index (χ0) is 12.3. The van der Waals surface area contributed by atoms with Gasteiger partial charge in [-0.15, -0.1) is 0 Å². The van der Waals surface area contributed by atoms with Crippen molar-refractivity contribution in [1.29, 1.82) is 0 Å². The van der Waals surface area contributed by atoms with Gasteiger partial charge in [0, 0.05) is 24.6 Å². The lowest BCUT2D eigenvalue weighted by molar-refractivity contribution is 0.0939. The maximum absolute atomic E-state index is 11.9. The maximum atomic E-state index is 11.9. The van der Waals surface area contributed by atoms with Crippen molar-refractivity contribution in [3.8, 4) is 0 Å². The minimum Gasteiger partial charge on any atom is -0.385 e. The maximum Gasteiger partial charge on any atom is 0.255 e. The van der Waals surface area contributed by atoms with Crippen molar-refractivity contribution in [2.45, 2.75) is 0 Å². The minimum absolute atomic E-state index is 0.183. The Bertz CT molecular complexity index is 534. The molecule has 5 heteroatoms. The highest BCUT2D eigenvalue weighted by atomic mass is 16.5. The highest BCUT2D eigenvalue weighted by Crippen LogP contribution is 2.23. The second-order valence-electron chi connectivity index (χ2n) is 3.71. The molecule has 2 aromatic rings. The zero-order valence-corrected chi connectivity index (χ0v) is 9.62. The van der Waals surface area contributed by atoms with Gasteiger partial charge in [0.25, 0.3) is 5.91 Å². The van der Waals surface area contributed by atoms with Gasteiger partial charge in [-0.05, 0) is 6.07 Å². The molecule has 2 rings (SSSR count). The van der Waals surface area contributed by atoms with Gasteiger partial charge in [-0.1, -0.05) is 18.2 Å². The molecule has 0 spiro atoms. The molecule has 0 aliphatic carbocycles. The van der Waals surface area contributed by atoms with E-state index >= 15 is 0 Å². The number of amides is 1. The number of nitrogen functional groups attached to an aromatic ring is 1. The number of H-pyrrole nitrogens is 1. The summed E-state index contributed by atoms with van der Waals surface area (Å²) in [6.45, 7) is 0.947. The van der Waals surface area contributed by atoms with E-state index in [1.165, 1.54) is 0 Å². The van der Waals surface area contributed by atoms with E-state index in [1.807, 2.05) is 24.3 Å². The monoisotopic (exact) mass is 233 g/mol. The number of nitrogens with one attached hydrogen (secondary N) is 2. The van der Waals surface area contributed by atoms with Crippen LogP contribution in [0.4, 0.5) is 5.82 Å². The standard InChI is InChI=1S/C12H15N3O2/c1-17-7-6-14-12(16)10-8-4-2-3-5-9(8)15-11(10)13/h2-5,15H,6-7,13H2,1H3,(H,14,16). The van der Waals surface area contributed by atoms with Crippen LogP contribution in [0.25, 0.3) is 10.9 Å². The molecule has 0 aliphatic rings. The highest BCUT2D eigenvalue weighted by Gasteiger charge is 2.15. The van der Waals surface area contributed by atoms with Crippen LogP contribution in [0.3, 0.4) is 0 Å². The molecule has 1 aromatic carbocycles. The van der Waals surface area contributed by atoms with E-state index in [4.69, 9.17) is 10.5 Å². The van der Waals surface area contributed by atoms with Crippen molar-refractivity contribution >= 4 is 22.6 Å². The first kappa shape index (κ1) is 11.5. The number of aromatic nitrogens is 1. The first-order valence-corrected chi connectivity index (χ1v) is 5.37. The number of fused-ring (bicyclic) bond motifs is 1. The molecule has 5 nitrogen and oxygen atoms in total. The van der Waals surface area contributed by atoms with Gasteiger partial charge in [0.15, 0.2) is 0 Å². The van der Waals surface area contributed by atoms with E-state index in [9.17, 15) is 4.79 Å². The number of aromatic amines is 1. The average molecular weight is 233 g/mol. The van der Waals surface area contributed by atoms with E-state index in [0.29, 0.717) is 24.5 Å². The van der Waals surface area contributed by atoms with Gasteiger partial charge in [-0.3, -0.25) is 4.79 Å². The predicted molar refractivity (Wildman–Crippen MR) is 66.9 cm³/mol. The lowest BCUT2D eigenvalue weighted by Gasteiger charge is -2.04. The number of rotatable bonds is 4. The van der Waals surface area contributed by atoms with Crippen LogP contribution in [0.15, 0.2) is 24.3 Å². The van der Waals surface area contributed by atoms with Crippen molar-refractivity contribution in [2.24, 2.45) is 0 Å². The van der Waals surface area contributed by atoms with Gasteiger partial charge >= 0.3 is 0 Å². The Morgan fingerprint density at radius 3 is 3.00 bits per heavy atom. The van der Waals surface area contributed by atoms with Crippen LogP contribution < -0.4 is 11.1 Å². The Kier molecular flexibility index (Phi) is 3.30. The largest absolute Gasteiger partial charge is 0.385 e. The molecule has 0 unspecified atom stereocenters. The Balaban J connectivity index is 2.28. The van der Waals surface area contributed by atoms with Gasteiger partial charge in [0.2, 0.25) is 0 Å². The molecule has 0 bridgehead atoms. The van der Waals surface area contributed by atoms with E-state index in [1.54, 1.807) is 7.11 Å². The SMILES string of the molecule is COCCNC(=O)c1c(N)[nH]c2ccccc12. The van der Waals surface area contributed by atoms with Crippen molar-refractivity contribution in [3.05, 3.63) is 29.8 Å². The smallest absolute Gasteiger partial charge is 0.255 e. The number of methoxy groups -OCH3 is 1. The number of carbonyl (C=O) groups excluding carboxylic acids is 1. The number of carbonyl (C=O) groups is 1. The topological polar surface area (TPSA) is 80.1 Å². The van der Waals surface area contributed by atoms with Crippen LogP contribution in [0, 0.1) is 0 Å². The van der Waals surface area contributed by atoms with Crippen LogP contribution in [-0.4, -0.2) is 31.2 Å². The zero-order valence-electron chi connectivity index (χ0n) is 9.62. The summed E-state index contributed by atoms with van der Waals surface area (Å²) in [5, 5.41) is 3.59. The van der Waals surface area contributed by atoms with Crippen LogP contribution in [0.5, 0.6) is 0 Å². The molecule has 0 saturated heterocycles. The number of ether oxygens (including phenoxy) is 1. The number of anilines is 1. The van der Waals surface area contributed by atoms with E-state index in [-0.39, 0.29) is 5.91 Å². The van der Waals surface area contributed by atoms with Crippen molar-refractivity contribution in [2.75, 3.05) is 26.0 Å². The molecule has 90 valence electrons. The van der Waals surface area contributed by atoms with Gasteiger partial charge < -0.3 is 20.8 Å². The first-order valence-electron chi connectivity index (χ1n) is 5.37. The summed E-state index contributed by atoms with van der Waals surface area (Å²) < 4.78 is 4.87. The first-order chi connectivity index (χ1) is 8.24. The second kappa shape index (κ2) is 4.88. The van der Waals surface area contributed by atoms with Gasteiger partial charge in [0.05, 0.1) is 12.2 Å². The summed E-state index contributed by atoms with van der Waals surface area (Å²) in [5.74, 6) is 0.207. The van der Waals surface area contributed by atoms with Crippen LogP contribution in [0.2, 0.25) is 0 Å². The molecule has 1 heterocycles. The Morgan fingerprint density at radius 2 is 2.24 bits per heavy atom. The molecule has 0 saturated carbocycles. The van der Waals surface area contributed by atoms with E-state index in [0.717, 1.165) is 10.9 Å². The third-order valence-corrected chi connectivity index (χ3v) is 2.55. The quantitative estimate of drug-likeness (QED) is 0.692. The minimum atomic E-state index is -0.183. The molecule has 0 fully saturated rings. The molecule has 0 atom stereocenters. The molecule has 0 aliphatic heterocycles. The molecule has 1 aromatic heterocycles. The van der Waals surface area contributed by atoms with Crippen LogP contribution in [0.1, 0.15) is 10.4 Å². The number of para-hydroxylation sites is 1. The summed E-state index contributed by atoms with van der Waals surface area (Å²) in [7, 11) is 1.59. The molecular formula is C12H15N3O2. The summed E-state index contributed by atoms with van der Waals surface area (Å²) in [4.78, 5) is 14.9. The Labute approximate surface area is 98.9 Å². The molecule has 4 N–H and O–H groups in total. The highest BCUT2D eigenvalue weighted by molar-refractivity contribution is 6.11. The Hall–Kier alpha value is -2.01. The third kappa shape index (κ3) is 2.24. The van der Waals surface area contributed by atoms with E-state index in [2.05, 4.69) is 10.3 Å². The fourth-order valence-corrected chi connectivity index (χ4v) is 1.76.